The maximum atomic E-state index is 12.2. The number of esters is 1. The number of carbonyl (C=O) groups is 2. The van der Waals surface area contributed by atoms with Crippen molar-refractivity contribution in [3.05, 3.63) is 12.2 Å². The minimum atomic E-state index is -1.42. The second-order valence-corrected chi connectivity index (χ2v) is 8.83. The number of carbonyl (C=O) groups excluding carboxylic acids is 2. The van der Waals surface area contributed by atoms with Crippen molar-refractivity contribution in [2.75, 3.05) is 19.4 Å². The molecule has 5 N–H and O–H groups in total. The van der Waals surface area contributed by atoms with E-state index in [0.717, 1.165) is 25.7 Å². The van der Waals surface area contributed by atoms with Gasteiger partial charge in [-0.25, -0.2) is 15.0 Å². The second-order valence-electron chi connectivity index (χ2n) is 8.83. The zero-order chi connectivity index (χ0) is 25.1. The average molecular weight is 487 g/mol. The lowest BCUT2D eigenvalue weighted by Gasteiger charge is -2.25. The van der Waals surface area contributed by atoms with Gasteiger partial charge in [0.05, 0.1) is 19.4 Å². The summed E-state index contributed by atoms with van der Waals surface area (Å²) in [4.78, 5) is 36.7. The van der Waals surface area contributed by atoms with Crippen molar-refractivity contribution in [2.45, 2.75) is 63.6 Å². The van der Waals surface area contributed by atoms with Crippen LogP contribution in [-0.2, 0) is 19.1 Å². The summed E-state index contributed by atoms with van der Waals surface area (Å²) in [6.45, 7) is 2.10. The third-order valence-corrected chi connectivity index (χ3v) is 6.54. The summed E-state index contributed by atoms with van der Waals surface area (Å²) in [6.07, 6.45) is 0.253. The number of aromatic nitrogens is 4. The predicted octanol–water partition coefficient (Wildman–Crippen LogP) is -0.115. The Morgan fingerprint density at radius 1 is 1.26 bits per heavy atom. The summed E-state index contributed by atoms with van der Waals surface area (Å²) in [6, 6.07) is 0. The monoisotopic (exact) mass is 486 g/mol. The minimum Gasteiger partial charge on any atom is -0.469 e. The van der Waals surface area contributed by atoms with Gasteiger partial charge < -0.3 is 30.7 Å². The second kappa shape index (κ2) is 10.6. The Hall–Kier alpha value is -3.27. The first-order valence-electron chi connectivity index (χ1n) is 11.7. The van der Waals surface area contributed by atoms with Gasteiger partial charge in [-0.1, -0.05) is 5.92 Å². The fourth-order valence-electron chi connectivity index (χ4n) is 4.60. The number of aliphatic hydroxyl groups is 2. The van der Waals surface area contributed by atoms with Crippen molar-refractivity contribution >= 4 is 28.9 Å². The van der Waals surface area contributed by atoms with Gasteiger partial charge in [-0.2, -0.15) is 0 Å². The van der Waals surface area contributed by atoms with Crippen molar-refractivity contribution < 1.29 is 29.3 Å². The molecule has 2 aliphatic rings. The number of methoxy groups -OCH3 is 1. The van der Waals surface area contributed by atoms with Crippen LogP contribution >= 0.6 is 0 Å². The Kier molecular flexibility index (Phi) is 7.49. The summed E-state index contributed by atoms with van der Waals surface area (Å²) < 4.78 is 11.9. The number of aliphatic hydroxyl groups excluding tert-OH is 2. The number of imidazole rings is 1. The van der Waals surface area contributed by atoms with Gasteiger partial charge in [-0.3, -0.25) is 14.2 Å². The highest BCUT2D eigenvalue weighted by atomic mass is 16.6. The van der Waals surface area contributed by atoms with Crippen LogP contribution in [0.5, 0.6) is 0 Å². The van der Waals surface area contributed by atoms with Gasteiger partial charge in [0.1, 0.15) is 17.7 Å². The molecule has 12 heteroatoms. The number of rotatable bonds is 5. The average Bonchev–Trinajstić information content (AvgIpc) is 3.40. The molecule has 1 aliphatic carbocycles. The standard InChI is InChI=1S/C23H30N6O6/c1-3-25-21(32)18-16(30)17(31)22(35-18)29-11-26-15-19(24)27-14(28-20(15)29)6-4-5-12-7-9-13(10-8-12)23(33)34-2/h11-13,16-18,22,30-31H,3,5,7-10H2,1-2H3,(H,25,32)(H2,24,27,28)/t12?,13?,16-,17+,18-,22+/m1/s1. The maximum absolute atomic E-state index is 12.2. The molecule has 1 amide bonds. The van der Waals surface area contributed by atoms with Crippen LogP contribution < -0.4 is 11.1 Å². The van der Waals surface area contributed by atoms with Crippen LogP contribution in [0.3, 0.4) is 0 Å². The molecule has 2 aromatic heterocycles. The number of nitrogens with zero attached hydrogens (tertiary/aromatic N) is 4. The molecule has 4 atom stereocenters. The van der Waals surface area contributed by atoms with Crippen molar-refractivity contribution in [3.8, 4) is 11.8 Å². The predicted molar refractivity (Wildman–Crippen MR) is 123 cm³/mol. The summed E-state index contributed by atoms with van der Waals surface area (Å²) in [5, 5.41) is 23.4. The Morgan fingerprint density at radius 3 is 2.69 bits per heavy atom. The molecule has 4 rings (SSSR count). The molecular formula is C23H30N6O6. The smallest absolute Gasteiger partial charge is 0.308 e. The van der Waals surface area contributed by atoms with Crippen molar-refractivity contribution in [2.24, 2.45) is 11.8 Å². The lowest BCUT2D eigenvalue weighted by molar-refractivity contribution is -0.146. The van der Waals surface area contributed by atoms with Gasteiger partial charge in [0.25, 0.3) is 5.91 Å². The Morgan fingerprint density at radius 2 is 2.00 bits per heavy atom. The van der Waals surface area contributed by atoms with Crippen LogP contribution in [-0.4, -0.2) is 73.6 Å². The van der Waals surface area contributed by atoms with E-state index in [2.05, 4.69) is 32.1 Å². The molecule has 0 bridgehead atoms. The number of amides is 1. The number of nitrogen functional groups attached to an aromatic ring is 1. The van der Waals surface area contributed by atoms with Crippen molar-refractivity contribution in [1.29, 1.82) is 0 Å². The van der Waals surface area contributed by atoms with E-state index in [9.17, 15) is 19.8 Å². The van der Waals surface area contributed by atoms with Crippen LogP contribution in [0.2, 0.25) is 0 Å². The van der Waals surface area contributed by atoms with Crippen LogP contribution in [0.4, 0.5) is 5.82 Å². The number of nitrogens with one attached hydrogen (secondary N) is 1. The van der Waals surface area contributed by atoms with Gasteiger partial charge >= 0.3 is 5.97 Å². The van der Waals surface area contributed by atoms with Crippen LogP contribution in [0.25, 0.3) is 11.2 Å². The number of anilines is 1. The van der Waals surface area contributed by atoms with E-state index < -0.39 is 30.4 Å². The summed E-state index contributed by atoms with van der Waals surface area (Å²) in [7, 11) is 1.41. The molecule has 0 aromatic carbocycles. The van der Waals surface area contributed by atoms with Crippen molar-refractivity contribution in [1.82, 2.24) is 24.8 Å². The molecule has 1 saturated heterocycles. The number of ether oxygens (including phenoxy) is 2. The first-order valence-corrected chi connectivity index (χ1v) is 11.7. The fraction of sp³-hybridized carbons (Fsp3) is 0.609. The Bertz CT molecular complexity index is 1150. The first kappa shape index (κ1) is 24.8. The number of hydrogen-bond donors (Lipinski definition) is 4. The summed E-state index contributed by atoms with van der Waals surface area (Å²) in [5.41, 5.74) is 6.63. The van der Waals surface area contributed by atoms with Crippen LogP contribution in [0, 0.1) is 23.7 Å². The van der Waals surface area contributed by atoms with Gasteiger partial charge in [0.15, 0.2) is 23.8 Å². The normalized spacial score (nSPS) is 28.3. The largest absolute Gasteiger partial charge is 0.469 e. The van der Waals surface area contributed by atoms with E-state index in [4.69, 9.17) is 15.2 Å². The molecule has 1 saturated carbocycles. The minimum absolute atomic E-state index is 0.0330. The molecule has 1 aliphatic heterocycles. The lowest BCUT2D eigenvalue weighted by atomic mass is 9.81. The molecular weight excluding hydrogens is 456 g/mol. The third-order valence-electron chi connectivity index (χ3n) is 6.54. The van der Waals surface area contributed by atoms with Gasteiger partial charge in [-0.15, -0.1) is 0 Å². The van der Waals surface area contributed by atoms with Crippen LogP contribution in [0.1, 0.15) is 51.1 Å². The zero-order valence-electron chi connectivity index (χ0n) is 19.7. The van der Waals surface area contributed by atoms with Gasteiger partial charge in [0.2, 0.25) is 5.82 Å². The Labute approximate surface area is 202 Å². The zero-order valence-corrected chi connectivity index (χ0v) is 19.7. The molecule has 35 heavy (non-hydrogen) atoms. The van der Waals surface area contributed by atoms with E-state index in [1.165, 1.54) is 18.0 Å². The number of hydrogen-bond acceptors (Lipinski definition) is 10. The first-order chi connectivity index (χ1) is 16.8. The summed E-state index contributed by atoms with van der Waals surface area (Å²) in [5.74, 6) is 6.02. The Balaban J connectivity index is 1.49. The molecule has 0 unspecified atom stereocenters. The fourth-order valence-corrected chi connectivity index (χ4v) is 4.60. The number of fused-ring (bicyclic) bond motifs is 1. The van der Waals surface area contributed by atoms with Crippen LogP contribution in [0.15, 0.2) is 6.33 Å². The molecule has 12 nitrogen and oxygen atoms in total. The highest BCUT2D eigenvalue weighted by Crippen LogP contribution is 2.33. The van der Waals surface area contributed by atoms with E-state index >= 15 is 0 Å². The molecule has 0 radical (unpaired) electrons. The summed E-state index contributed by atoms with van der Waals surface area (Å²) >= 11 is 0. The van der Waals surface area contributed by atoms with Gasteiger partial charge in [0, 0.05) is 13.0 Å². The SMILES string of the molecule is CCNC(=O)[C@@H]1O[C@H](n2cnc3c(N)nc(C#CCC4CCC(C(=O)OC)CC4)nc32)[C@@H](O)[C@H]1O. The maximum Gasteiger partial charge on any atom is 0.308 e. The highest BCUT2D eigenvalue weighted by Gasteiger charge is 2.47. The topological polar surface area (TPSA) is 175 Å². The number of likely N-dealkylation sites (N-methyl/N-ethyl adjacent to an activating group) is 1. The quantitative estimate of drug-likeness (QED) is 0.329. The molecule has 2 aromatic rings. The number of nitrogens with two attached hydrogens (primary N) is 1. The van der Waals surface area contributed by atoms with E-state index in [1.807, 2.05) is 0 Å². The van der Waals surface area contributed by atoms with Crippen molar-refractivity contribution in [3.63, 3.8) is 0 Å². The molecule has 188 valence electrons. The highest BCUT2D eigenvalue weighted by molar-refractivity contribution is 5.83. The van der Waals surface area contributed by atoms with Gasteiger partial charge in [-0.05, 0) is 44.4 Å². The van der Waals surface area contributed by atoms with E-state index in [-0.39, 0.29) is 29.2 Å². The molecule has 0 spiro atoms. The third kappa shape index (κ3) is 5.07. The molecule has 3 heterocycles. The molecule has 2 fully saturated rings. The lowest BCUT2D eigenvalue weighted by Crippen LogP contribution is -2.42. The van der Waals surface area contributed by atoms with E-state index in [0.29, 0.717) is 24.4 Å². The van der Waals surface area contributed by atoms with E-state index in [1.54, 1.807) is 6.92 Å².